The molecule has 1 heterocycles. The number of nitrogens with zero attached hydrogens (tertiary/aromatic N) is 5. The first-order valence-corrected chi connectivity index (χ1v) is 6.77. The maximum Gasteiger partial charge on any atom is 0.243 e. The Kier molecular flexibility index (Phi) is 4.54. The van der Waals surface area contributed by atoms with Crippen molar-refractivity contribution in [2.45, 2.75) is 13.3 Å². The first kappa shape index (κ1) is 15.0. The lowest BCUT2D eigenvalue weighted by atomic mass is 10.1. The number of hydrazine groups is 1. The molecule has 0 atom stereocenters. The van der Waals surface area contributed by atoms with Crippen molar-refractivity contribution >= 4 is 23.5 Å². The van der Waals surface area contributed by atoms with Crippen molar-refractivity contribution < 1.29 is 0 Å². The summed E-state index contributed by atoms with van der Waals surface area (Å²) in [4.78, 5) is 16.6. The van der Waals surface area contributed by atoms with E-state index in [0.29, 0.717) is 17.8 Å². The number of nitrogen functional groups attached to an aromatic ring is 1. The molecule has 2 rings (SSSR count). The van der Waals surface area contributed by atoms with Gasteiger partial charge in [0.1, 0.15) is 0 Å². The summed E-state index contributed by atoms with van der Waals surface area (Å²) in [6.45, 7) is 2.13. The van der Waals surface area contributed by atoms with Crippen LogP contribution in [0.25, 0.3) is 0 Å². The number of aromatic nitrogens is 3. The molecule has 0 amide bonds. The highest BCUT2D eigenvalue weighted by Gasteiger charge is 2.12. The van der Waals surface area contributed by atoms with Crippen molar-refractivity contribution in [3.05, 3.63) is 29.8 Å². The molecule has 0 bridgehead atoms. The zero-order valence-corrected chi connectivity index (χ0v) is 12.8. The second-order valence-corrected chi connectivity index (χ2v) is 4.88. The minimum absolute atomic E-state index is 0.334. The third-order valence-corrected chi connectivity index (χ3v) is 3.17. The molecule has 3 N–H and O–H groups in total. The maximum atomic E-state index is 5.42. The van der Waals surface area contributed by atoms with E-state index in [9.17, 15) is 0 Å². The van der Waals surface area contributed by atoms with Crippen molar-refractivity contribution in [2.24, 2.45) is 5.84 Å². The molecule has 0 saturated carbocycles. The van der Waals surface area contributed by atoms with Gasteiger partial charge in [-0.2, -0.15) is 15.0 Å². The molecule has 0 fully saturated rings. The van der Waals surface area contributed by atoms with Gasteiger partial charge in [-0.25, -0.2) is 5.84 Å². The summed E-state index contributed by atoms with van der Waals surface area (Å²) in [7, 11) is 5.65. The fraction of sp³-hybridized carbons (Fsp3) is 0.357. The van der Waals surface area contributed by atoms with Crippen LogP contribution in [0.4, 0.5) is 23.5 Å². The standard InChI is InChI=1S/C14H21N7/c1-5-10-6-8-11(9-7-10)21(4)14-17-12(19-15)16-13(18-14)20(2)3/h6-9H,5,15H2,1-4H3,(H,16,17,18,19). The fourth-order valence-corrected chi connectivity index (χ4v) is 1.84. The predicted molar refractivity (Wildman–Crippen MR) is 85.8 cm³/mol. The minimum Gasteiger partial charge on any atom is -0.347 e. The van der Waals surface area contributed by atoms with Crippen LogP contribution in [0.3, 0.4) is 0 Å². The van der Waals surface area contributed by atoms with Gasteiger partial charge in [0.05, 0.1) is 0 Å². The van der Waals surface area contributed by atoms with E-state index in [2.05, 4.69) is 39.4 Å². The summed E-state index contributed by atoms with van der Waals surface area (Å²) in [5.41, 5.74) is 4.77. The van der Waals surface area contributed by atoms with Crippen LogP contribution in [0.1, 0.15) is 12.5 Å². The number of rotatable bonds is 5. The van der Waals surface area contributed by atoms with Crippen molar-refractivity contribution in [1.29, 1.82) is 0 Å². The molecule has 0 unspecified atom stereocenters. The molecule has 2 aromatic rings. The quantitative estimate of drug-likeness (QED) is 0.637. The molecule has 21 heavy (non-hydrogen) atoms. The van der Waals surface area contributed by atoms with Crippen LogP contribution in [-0.4, -0.2) is 36.1 Å². The number of hydrogen-bond donors (Lipinski definition) is 2. The summed E-state index contributed by atoms with van der Waals surface area (Å²) in [6, 6.07) is 8.30. The molecule has 0 aliphatic heterocycles. The average molecular weight is 287 g/mol. The second-order valence-electron chi connectivity index (χ2n) is 4.88. The highest BCUT2D eigenvalue weighted by Crippen LogP contribution is 2.22. The molecular formula is C14H21N7. The summed E-state index contributed by atoms with van der Waals surface area (Å²) in [5, 5.41) is 0. The summed E-state index contributed by atoms with van der Waals surface area (Å²) >= 11 is 0. The molecule has 0 aliphatic carbocycles. The molecule has 7 heteroatoms. The average Bonchev–Trinajstić information content (AvgIpc) is 2.53. The Labute approximate surface area is 124 Å². The predicted octanol–water partition coefficient (Wildman–Crippen LogP) is 1.55. The third-order valence-electron chi connectivity index (χ3n) is 3.17. The molecule has 1 aromatic heterocycles. The highest BCUT2D eigenvalue weighted by atomic mass is 15.4. The number of benzene rings is 1. The van der Waals surface area contributed by atoms with Crippen LogP contribution in [0.5, 0.6) is 0 Å². The maximum absolute atomic E-state index is 5.42. The fourth-order valence-electron chi connectivity index (χ4n) is 1.84. The van der Waals surface area contributed by atoms with Crippen molar-refractivity contribution in [1.82, 2.24) is 15.0 Å². The van der Waals surface area contributed by atoms with Crippen LogP contribution in [0.2, 0.25) is 0 Å². The summed E-state index contributed by atoms with van der Waals surface area (Å²) in [5.74, 6) is 6.84. The molecule has 0 saturated heterocycles. The molecule has 0 spiro atoms. The first-order valence-electron chi connectivity index (χ1n) is 6.77. The number of anilines is 4. The van der Waals surface area contributed by atoms with Crippen LogP contribution >= 0.6 is 0 Å². The Morgan fingerprint density at radius 3 is 2.14 bits per heavy atom. The monoisotopic (exact) mass is 287 g/mol. The van der Waals surface area contributed by atoms with Crippen LogP contribution < -0.4 is 21.1 Å². The lowest BCUT2D eigenvalue weighted by Crippen LogP contribution is -2.21. The molecule has 0 aliphatic rings. The number of aryl methyl sites for hydroxylation is 1. The topological polar surface area (TPSA) is 83.2 Å². The lowest BCUT2D eigenvalue weighted by Gasteiger charge is -2.20. The molecular weight excluding hydrogens is 266 g/mol. The Morgan fingerprint density at radius 2 is 1.62 bits per heavy atom. The number of hydrogen-bond acceptors (Lipinski definition) is 7. The van der Waals surface area contributed by atoms with Gasteiger partial charge in [-0.1, -0.05) is 19.1 Å². The SMILES string of the molecule is CCc1ccc(N(C)c2nc(NN)nc(N(C)C)n2)cc1. The Balaban J connectivity index is 2.36. The van der Waals surface area contributed by atoms with Gasteiger partial charge >= 0.3 is 0 Å². The van der Waals surface area contributed by atoms with Crippen LogP contribution in [-0.2, 0) is 6.42 Å². The zero-order chi connectivity index (χ0) is 15.4. The van der Waals surface area contributed by atoms with Gasteiger partial charge in [-0.15, -0.1) is 0 Å². The van der Waals surface area contributed by atoms with Gasteiger partial charge in [0.2, 0.25) is 17.8 Å². The largest absolute Gasteiger partial charge is 0.347 e. The van der Waals surface area contributed by atoms with Crippen molar-refractivity contribution in [3.8, 4) is 0 Å². The first-order chi connectivity index (χ1) is 10.0. The minimum atomic E-state index is 0.334. The van der Waals surface area contributed by atoms with Gasteiger partial charge < -0.3 is 9.80 Å². The molecule has 112 valence electrons. The van der Waals surface area contributed by atoms with E-state index in [0.717, 1.165) is 12.1 Å². The van der Waals surface area contributed by atoms with Crippen molar-refractivity contribution in [3.63, 3.8) is 0 Å². The summed E-state index contributed by atoms with van der Waals surface area (Å²) in [6.07, 6.45) is 1.02. The number of nitrogens with one attached hydrogen (secondary N) is 1. The van der Waals surface area contributed by atoms with Crippen molar-refractivity contribution in [2.75, 3.05) is 36.4 Å². The lowest BCUT2D eigenvalue weighted by molar-refractivity contribution is 0.928. The van der Waals surface area contributed by atoms with Gasteiger partial charge in [-0.3, -0.25) is 5.43 Å². The second kappa shape index (κ2) is 6.36. The highest BCUT2D eigenvalue weighted by molar-refractivity contribution is 5.58. The Hall–Kier alpha value is -2.41. The zero-order valence-electron chi connectivity index (χ0n) is 12.8. The van der Waals surface area contributed by atoms with E-state index in [1.165, 1.54) is 5.56 Å². The number of nitrogens with two attached hydrogens (primary N) is 1. The van der Waals surface area contributed by atoms with Gasteiger partial charge in [0.25, 0.3) is 0 Å². The molecule has 1 aromatic carbocycles. The van der Waals surface area contributed by atoms with E-state index >= 15 is 0 Å². The molecule has 7 nitrogen and oxygen atoms in total. The Morgan fingerprint density at radius 1 is 1.00 bits per heavy atom. The third kappa shape index (κ3) is 3.38. The van der Waals surface area contributed by atoms with Gasteiger partial charge in [0, 0.05) is 26.8 Å². The smallest absolute Gasteiger partial charge is 0.243 e. The molecule has 0 radical (unpaired) electrons. The van der Waals surface area contributed by atoms with E-state index in [4.69, 9.17) is 5.84 Å². The van der Waals surface area contributed by atoms with Gasteiger partial charge in [0.15, 0.2) is 0 Å². The van der Waals surface area contributed by atoms with Gasteiger partial charge in [-0.05, 0) is 24.1 Å². The van der Waals surface area contributed by atoms with E-state index in [1.54, 1.807) is 4.90 Å². The van der Waals surface area contributed by atoms with E-state index in [-0.39, 0.29) is 0 Å². The Bertz CT molecular complexity index is 595. The normalized spacial score (nSPS) is 10.3. The van der Waals surface area contributed by atoms with E-state index < -0.39 is 0 Å². The van der Waals surface area contributed by atoms with Crippen LogP contribution in [0.15, 0.2) is 24.3 Å². The van der Waals surface area contributed by atoms with Crippen LogP contribution in [0, 0.1) is 0 Å². The van der Waals surface area contributed by atoms with E-state index in [1.807, 2.05) is 38.2 Å². The summed E-state index contributed by atoms with van der Waals surface area (Å²) < 4.78 is 0.